The summed E-state index contributed by atoms with van der Waals surface area (Å²) in [6.07, 6.45) is 3.44. The zero-order valence-electron chi connectivity index (χ0n) is 10.9. The molecule has 1 atom stereocenters. The maximum absolute atomic E-state index is 6.22. The zero-order valence-corrected chi connectivity index (χ0v) is 12.5. The number of rotatable bonds is 5. The smallest absolute Gasteiger partial charge is 0.138 e. The van der Waals surface area contributed by atoms with Crippen LogP contribution in [0.2, 0.25) is 5.02 Å². The minimum absolute atomic E-state index is 0. The molecular weight excluding hydrogens is 269 g/mol. The van der Waals surface area contributed by atoms with Crippen molar-refractivity contribution in [3.8, 4) is 5.75 Å². The van der Waals surface area contributed by atoms with E-state index in [1.54, 1.807) is 0 Å². The molecule has 2 nitrogen and oxygen atoms in total. The predicted octanol–water partition coefficient (Wildman–Crippen LogP) is 3.75. The molecule has 0 heterocycles. The summed E-state index contributed by atoms with van der Waals surface area (Å²) in [5.74, 6) is 1.56. The first-order valence-corrected chi connectivity index (χ1v) is 6.61. The van der Waals surface area contributed by atoms with Crippen molar-refractivity contribution in [2.45, 2.75) is 39.2 Å². The van der Waals surface area contributed by atoms with Crippen LogP contribution >= 0.6 is 24.0 Å². The fourth-order valence-electron chi connectivity index (χ4n) is 1.87. The number of halogens is 2. The minimum Gasteiger partial charge on any atom is -0.492 e. The van der Waals surface area contributed by atoms with E-state index in [4.69, 9.17) is 22.1 Å². The molecule has 0 aromatic heterocycles. The van der Waals surface area contributed by atoms with Gasteiger partial charge in [-0.3, -0.25) is 0 Å². The van der Waals surface area contributed by atoms with Gasteiger partial charge in [0, 0.05) is 6.04 Å². The largest absolute Gasteiger partial charge is 0.492 e. The molecule has 0 amide bonds. The average Bonchev–Trinajstić information content (AvgIpc) is 3.04. The van der Waals surface area contributed by atoms with E-state index in [1.165, 1.54) is 24.0 Å². The summed E-state index contributed by atoms with van der Waals surface area (Å²) in [5.41, 5.74) is 8.23. The van der Waals surface area contributed by atoms with Crippen molar-refractivity contribution in [1.82, 2.24) is 0 Å². The second kappa shape index (κ2) is 6.65. The Labute approximate surface area is 120 Å². The number of nitrogens with two attached hydrogens (primary N) is 1. The first-order chi connectivity index (χ1) is 8.06. The van der Waals surface area contributed by atoms with E-state index in [0.717, 1.165) is 24.7 Å². The summed E-state index contributed by atoms with van der Waals surface area (Å²) in [7, 11) is 0. The van der Waals surface area contributed by atoms with Crippen molar-refractivity contribution in [3.05, 3.63) is 28.3 Å². The standard InChI is InChI=1S/C14H20ClNO.ClH/c1-9-5-14(17-8-11-3-4-11)13(15)7-12(9)6-10(2)16;/h5,7,10-11H,3-4,6,8,16H2,1-2H3;1H. The van der Waals surface area contributed by atoms with Gasteiger partial charge in [0.1, 0.15) is 5.75 Å². The Bertz CT molecular complexity index is 403. The van der Waals surface area contributed by atoms with Crippen LogP contribution in [0.3, 0.4) is 0 Å². The van der Waals surface area contributed by atoms with E-state index in [9.17, 15) is 0 Å². The van der Waals surface area contributed by atoms with Crippen LogP contribution in [0.25, 0.3) is 0 Å². The second-order valence-corrected chi connectivity index (χ2v) is 5.55. The molecule has 102 valence electrons. The molecule has 18 heavy (non-hydrogen) atoms. The third-order valence-corrected chi connectivity index (χ3v) is 3.40. The van der Waals surface area contributed by atoms with Gasteiger partial charge in [0.2, 0.25) is 0 Å². The van der Waals surface area contributed by atoms with Crippen LogP contribution in [-0.2, 0) is 6.42 Å². The normalized spacial score (nSPS) is 16.0. The Hall–Kier alpha value is -0.440. The minimum atomic E-state index is 0. The lowest BCUT2D eigenvalue weighted by Crippen LogP contribution is -2.18. The van der Waals surface area contributed by atoms with Crippen LogP contribution in [0.15, 0.2) is 12.1 Å². The molecule has 1 fully saturated rings. The van der Waals surface area contributed by atoms with Crippen molar-refractivity contribution in [2.75, 3.05) is 6.61 Å². The Kier molecular flexibility index (Phi) is 5.77. The molecule has 0 bridgehead atoms. The predicted molar refractivity (Wildman–Crippen MR) is 79.0 cm³/mol. The lowest BCUT2D eigenvalue weighted by molar-refractivity contribution is 0.299. The van der Waals surface area contributed by atoms with Gasteiger partial charge in [-0.05, 0) is 62.3 Å². The highest BCUT2D eigenvalue weighted by Gasteiger charge is 2.22. The lowest BCUT2D eigenvalue weighted by atomic mass is 10.0. The molecule has 1 aliphatic rings. The molecular formula is C14H21Cl2NO. The molecule has 1 aromatic rings. The average molecular weight is 290 g/mol. The van der Waals surface area contributed by atoms with Gasteiger partial charge in [-0.15, -0.1) is 12.4 Å². The van der Waals surface area contributed by atoms with Crippen LogP contribution in [0, 0.1) is 12.8 Å². The van der Waals surface area contributed by atoms with Crippen LogP contribution < -0.4 is 10.5 Å². The molecule has 2 rings (SSSR count). The second-order valence-electron chi connectivity index (χ2n) is 5.14. The molecule has 2 N–H and O–H groups in total. The van der Waals surface area contributed by atoms with Crippen LogP contribution in [0.5, 0.6) is 5.75 Å². The molecule has 0 radical (unpaired) electrons. The molecule has 0 saturated heterocycles. The van der Waals surface area contributed by atoms with Crippen LogP contribution in [0.1, 0.15) is 30.9 Å². The van der Waals surface area contributed by atoms with Gasteiger partial charge in [-0.2, -0.15) is 0 Å². The summed E-state index contributed by atoms with van der Waals surface area (Å²) in [6.45, 7) is 4.88. The maximum atomic E-state index is 6.22. The van der Waals surface area contributed by atoms with Crippen LogP contribution in [-0.4, -0.2) is 12.6 Å². The zero-order chi connectivity index (χ0) is 12.4. The van der Waals surface area contributed by atoms with E-state index in [2.05, 4.69) is 6.92 Å². The summed E-state index contributed by atoms with van der Waals surface area (Å²) >= 11 is 6.22. The van der Waals surface area contributed by atoms with Gasteiger partial charge < -0.3 is 10.5 Å². The van der Waals surface area contributed by atoms with Crippen molar-refractivity contribution < 1.29 is 4.74 Å². The number of hydrogen-bond donors (Lipinski definition) is 1. The van der Waals surface area contributed by atoms with Gasteiger partial charge in [0.15, 0.2) is 0 Å². The Morgan fingerprint density at radius 2 is 2.11 bits per heavy atom. The Balaban J connectivity index is 0.00000162. The molecule has 1 unspecified atom stereocenters. The van der Waals surface area contributed by atoms with Crippen molar-refractivity contribution >= 4 is 24.0 Å². The van der Waals surface area contributed by atoms with E-state index in [1.807, 2.05) is 19.1 Å². The van der Waals surface area contributed by atoms with E-state index < -0.39 is 0 Å². The highest BCUT2D eigenvalue weighted by atomic mass is 35.5. The maximum Gasteiger partial charge on any atom is 0.138 e. The van der Waals surface area contributed by atoms with Crippen molar-refractivity contribution in [1.29, 1.82) is 0 Å². The highest BCUT2D eigenvalue weighted by Crippen LogP contribution is 2.33. The Morgan fingerprint density at radius 1 is 1.44 bits per heavy atom. The van der Waals surface area contributed by atoms with Crippen LogP contribution in [0.4, 0.5) is 0 Å². The highest BCUT2D eigenvalue weighted by molar-refractivity contribution is 6.32. The monoisotopic (exact) mass is 289 g/mol. The SMILES string of the molecule is Cc1cc(OCC2CC2)c(Cl)cc1CC(C)N.Cl. The first-order valence-electron chi connectivity index (χ1n) is 6.23. The van der Waals surface area contributed by atoms with E-state index >= 15 is 0 Å². The summed E-state index contributed by atoms with van der Waals surface area (Å²) in [6, 6.07) is 4.17. The van der Waals surface area contributed by atoms with E-state index in [-0.39, 0.29) is 18.4 Å². The van der Waals surface area contributed by atoms with Gasteiger partial charge in [-0.1, -0.05) is 11.6 Å². The van der Waals surface area contributed by atoms with Crippen molar-refractivity contribution in [3.63, 3.8) is 0 Å². The summed E-state index contributed by atoms with van der Waals surface area (Å²) < 4.78 is 5.74. The number of ether oxygens (including phenoxy) is 1. The summed E-state index contributed by atoms with van der Waals surface area (Å²) in [5, 5.41) is 0.701. The lowest BCUT2D eigenvalue weighted by Gasteiger charge is -2.13. The molecule has 4 heteroatoms. The molecule has 1 aromatic carbocycles. The van der Waals surface area contributed by atoms with Gasteiger partial charge in [0.25, 0.3) is 0 Å². The summed E-state index contributed by atoms with van der Waals surface area (Å²) in [4.78, 5) is 0. The number of benzene rings is 1. The first kappa shape index (κ1) is 15.6. The quantitative estimate of drug-likeness (QED) is 0.896. The molecule has 0 aliphatic heterocycles. The van der Waals surface area contributed by atoms with Gasteiger partial charge in [0.05, 0.1) is 11.6 Å². The third-order valence-electron chi connectivity index (χ3n) is 3.10. The molecule has 0 spiro atoms. The fourth-order valence-corrected chi connectivity index (χ4v) is 2.11. The van der Waals surface area contributed by atoms with Crippen molar-refractivity contribution in [2.24, 2.45) is 11.7 Å². The topological polar surface area (TPSA) is 35.2 Å². The van der Waals surface area contributed by atoms with Gasteiger partial charge in [-0.25, -0.2) is 0 Å². The van der Waals surface area contributed by atoms with E-state index in [0.29, 0.717) is 5.02 Å². The number of aryl methyl sites for hydroxylation is 1. The fraction of sp³-hybridized carbons (Fsp3) is 0.571. The third kappa shape index (κ3) is 4.34. The molecule has 1 saturated carbocycles. The Morgan fingerprint density at radius 3 is 2.67 bits per heavy atom. The van der Waals surface area contributed by atoms with Gasteiger partial charge >= 0.3 is 0 Å². The number of hydrogen-bond acceptors (Lipinski definition) is 2. The molecule has 1 aliphatic carbocycles.